The number of hydrogen-bond donors (Lipinski definition) is 9. The first-order valence-electron chi connectivity index (χ1n) is 14.9. The van der Waals surface area contributed by atoms with E-state index in [-0.39, 0.29) is 33.1 Å². The number of hydrogen-bond acceptors (Lipinski definition) is 11. The lowest BCUT2D eigenvalue weighted by Gasteiger charge is -2.26. The average Bonchev–Trinajstić information content (AvgIpc) is 3.00. The van der Waals surface area contributed by atoms with Crippen molar-refractivity contribution in [3.05, 3.63) is 0 Å². The molecule has 1 saturated heterocycles. The fraction of sp³-hybridized carbons (Fsp3) is 0.714. The first-order chi connectivity index (χ1) is 21.4. The number of Topliss-reactive ketones (excluding diaryl/α,β-unsaturated/α-hetero) is 1. The van der Waals surface area contributed by atoms with Crippen molar-refractivity contribution in [1.29, 1.82) is 0 Å². The van der Waals surface area contributed by atoms with E-state index in [4.69, 9.17) is 4.74 Å². The Morgan fingerprint density at radius 2 is 0.980 bits per heavy atom. The highest BCUT2D eigenvalue weighted by molar-refractivity contribution is 7.59. The first-order valence-corrected chi connectivity index (χ1v) is 14.9. The lowest BCUT2D eigenvalue weighted by atomic mass is 9.93. The summed E-state index contributed by atoms with van der Waals surface area (Å²) in [5.41, 5.74) is 0. The smallest absolute Gasteiger partial charge is 0.270 e. The van der Waals surface area contributed by atoms with Crippen LogP contribution in [0.3, 0.4) is 0 Å². The van der Waals surface area contributed by atoms with Crippen molar-refractivity contribution in [1.82, 2.24) is 37.2 Å². The SMILES string of the molecule is CC.CO[C@@H]1NC(=O)[C@@H](C)NC(=O)[C@H](C)NC(=O)[C@@H](C)NC(=O)[C@H](C(C)O)CC(=O)[C@@H](C)NC(=O)[C@H](CO)NC(=O)[C@H](C)NC1=O.F.S.S.[3HH]. The predicted molar refractivity (Wildman–Crippen MR) is 188 cm³/mol. The lowest BCUT2D eigenvalue weighted by Crippen LogP contribution is -2.59. The summed E-state index contributed by atoms with van der Waals surface area (Å²) < 4.78 is 4.98. The van der Waals surface area contributed by atoms with Crippen LogP contribution in [0.4, 0.5) is 4.70 Å². The van der Waals surface area contributed by atoms with E-state index in [0.29, 0.717) is 0 Å². The molecule has 21 heteroatoms. The summed E-state index contributed by atoms with van der Waals surface area (Å²) in [5.74, 6) is -8.08. The molecule has 1 unspecified atom stereocenters. The normalized spacial score (nSPS) is 28.9. The van der Waals surface area contributed by atoms with Gasteiger partial charge in [0.25, 0.3) is 5.91 Å². The molecule has 0 aromatic heterocycles. The van der Waals surface area contributed by atoms with Crippen LogP contribution < -0.4 is 37.2 Å². The van der Waals surface area contributed by atoms with Crippen LogP contribution >= 0.6 is 27.0 Å². The number of ether oxygens (including phenoxy) is 1. The molecule has 0 bridgehead atoms. The molecule has 288 valence electrons. The van der Waals surface area contributed by atoms with Crippen molar-refractivity contribution in [2.45, 2.75) is 110 Å². The standard InChI is InChI=1S/C26H43N7O11.C2H6.FH.2H2S.H2/c1-10-18(36)8-16(15(6)35)23(41)30-12(3)20(38)28-11(2)19(37)29-14(5)22(40)33-26(44-7)25(43)31-13(4)21(39)32-17(9-34)24(42)27-10;1-2;;;;/h10-17,26,34-35H,8-9H2,1-7H3,(H,27,42)(H,28,38)(H,29,37)(H,30,41)(H,31,43)(H,32,39)(H,33,40);1-2H3;1H;2*1H2;1H/t10-,11+,12-,13+,14-,15?,16+,17+,26+;;;;;/m1...../s1/i;;;;;1+2. The van der Waals surface area contributed by atoms with Crippen molar-refractivity contribution in [2.75, 3.05) is 13.7 Å². The minimum Gasteiger partial charge on any atom is -0.394 e. The highest BCUT2D eigenvalue weighted by Crippen LogP contribution is 2.12. The fourth-order valence-corrected chi connectivity index (χ4v) is 3.80. The molecule has 9 N–H and O–H groups in total. The second-order valence-electron chi connectivity index (χ2n) is 10.5. The molecule has 0 aromatic carbocycles. The Bertz CT molecular complexity index is 1140. The largest absolute Gasteiger partial charge is 0.394 e. The monoisotopic (exact) mass is 751 g/mol. The summed E-state index contributed by atoms with van der Waals surface area (Å²) in [6, 6.07) is -7.66. The number of rotatable bonds is 3. The second kappa shape index (κ2) is 25.4. The first kappa shape index (κ1) is 52.3. The van der Waals surface area contributed by atoms with Gasteiger partial charge < -0.3 is 52.2 Å². The molecule has 18 nitrogen and oxygen atoms in total. The second-order valence-corrected chi connectivity index (χ2v) is 10.5. The molecule has 1 heterocycles. The molecule has 1 rings (SSSR count). The molecular formula is C28H56FN7O11S2. The van der Waals surface area contributed by atoms with Gasteiger partial charge in [-0.15, -0.1) is 0 Å². The van der Waals surface area contributed by atoms with E-state index in [0.717, 1.165) is 7.11 Å². The van der Waals surface area contributed by atoms with Crippen LogP contribution in [0.25, 0.3) is 0 Å². The number of carbonyl (C=O) groups excluding carboxylic acids is 8. The van der Waals surface area contributed by atoms with Gasteiger partial charge in [-0.2, -0.15) is 27.0 Å². The van der Waals surface area contributed by atoms with Gasteiger partial charge >= 0.3 is 0 Å². The van der Waals surface area contributed by atoms with Gasteiger partial charge in [-0.1, -0.05) is 13.8 Å². The van der Waals surface area contributed by atoms with Crippen LogP contribution in [-0.4, -0.2) is 120 Å². The summed E-state index contributed by atoms with van der Waals surface area (Å²) in [7, 11) is 1.10. The maximum Gasteiger partial charge on any atom is 0.270 e. The van der Waals surface area contributed by atoms with Crippen molar-refractivity contribution >= 4 is 74.1 Å². The Kier molecular flexibility index (Phi) is 27.1. The Balaban J connectivity index is -0.00000110. The Morgan fingerprint density at radius 3 is 1.37 bits per heavy atom. The summed E-state index contributed by atoms with van der Waals surface area (Å²) >= 11 is 0. The molecule has 0 spiro atoms. The van der Waals surface area contributed by atoms with Gasteiger partial charge in [0.1, 0.15) is 30.2 Å². The minimum atomic E-state index is -1.60. The van der Waals surface area contributed by atoms with Crippen molar-refractivity contribution in [3.8, 4) is 0 Å². The van der Waals surface area contributed by atoms with Crippen LogP contribution in [0, 0.1) is 5.92 Å². The van der Waals surface area contributed by atoms with Crippen molar-refractivity contribution in [3.63, 3.8) is 0 Å². The van der Waals surface area contributed by atoms with E-state index in [9.17, 15) is 48.6 Å². The molecule has 1 aliphatic heterocycles. The zero-order chi connectivity index (χ0) is 35.9. The lowest BCUT2D eigenvalue weighted by molar-refractivity contribution is -0.142. The van der Waals surface area contributed by atoms with Gasteiger partial charge in [0.2, 0.25) is 41.7 Å². The van der Waals surface area contributed by atoms with E-state index < -0.39 is 115 Å². The number of carbonyl (C=O) groups is 8. The van der Waals surface area contributed by atoms with Crippen LogP contribution in [0.1, 0.15) is 63.2 Å². The molecule has 0 radical (unpaired) electrons. The highest BCUT2D eigenvalue weighted by Gasteiger charge is 2.33. The number of aliphatic hydroxyl groups excluding tert-OH is 2. The van der Waals surface area contributed by atoms with Crippen LogP contribution in [-0.2, 0) is 43.1 Å². The van der Waals surface area contributed by atoms with E-state index in [2.05, 4.69) is 37.2 Å². The number of amides is 7. The Hall–Kier alpha value is -3.53. The van der Waals surface area contributed by atoms with Gasteiger partial charge in [0.15, 0.2) is 5.78 Å². The molecule has 49 heavy (non-hydrogen) atoms. The summed E-state index contributed by atoms with van der Waals surface area (Å²) in [6.07, 6.45) is -3.48. The maximum atomic E-state index is 12.9. The maximum absolute atomic E-state index is 12.9. The van der Waals surface area contributed by atoms with E-state index in [1.165, 1.54) is 41.5 Å². The molecule has 1 aliphatic rings. The van der Waals surface area contributed by atoms with Crippen LogP contribution in [0.15, 0.2) is 0 Å². The Labute approximate surface area is 300 Å². The summed E-state index contributed by atoms with van der Waals surface area (Å²) in [6.45, 7) is 10.9. The third kappa shape index (κ3) is 17.1. The number of methoxy groups -OCH3 is 1. The molecule has 7 amide bonds. The predicted octanol–water partition coefficient (Wildman–Crippen LogP) is -3.30. The number of nitrogens with one attached hydrogen (secondary N) is 7. The number of halogens is 1. The third-order valence-electron chi connectivity index (χ3n) is 6.75. The molecule has 9 atom stereocenters. The zero-order valence-corrected chi connectivity index (χ0v) is 31.1. The van der Waals surface area contributed by atoms with Crippen LogP contribution in [0.5, 0.6) is 0 Å². The van der Waals surface area contributed by atoms with Gasteiger partial charge in [0.05, 0.1) is 24.7 Å². The average molecular weight is 752 g/mol. The topological polar surface area (TPSA) is 270 Å². The molecule has 0 saturated carbocycles. The fourth-order valence-electron chi connectivity index (χ4n) is 3.80. The third-order valence-corrected chi connectivity index (χ3v) is 6.75. The molecule has 0 aromatic rings. The van der Waals surface area contributed by atoms with Crippen LogP contribution in [0.2, 0.25) is 0 Å². The summed E-state index contributed by atoms with van der Waals surface area (Å²) in [4.78, 5) is 102. The zero-order valence-electron chi connectivity index (χ0n) is 29.1. The Morgan fingerprint density at radius 1 is 0.633 bits per heavy atom. The molecular weight excluding hydrogens is 693 g/mol. The van der Waals surface area contributed by atoms with E-state index in [1.807, 2.05) is 13.8 Å². The minimum absolute atomic E-state index is 0. The van der Waals surface area contributed by atoms with Crippen molar-refractivity contribution < 1.29 is 59.4 Å². The van der Waals surface area contributed by atoms with Crippen molar-refractivity contribution in [2.24, 2.45) is 5.92 Å². The number of ketones is 1. The van der Waals surface area contributed by atoms with E-state index in [1.54, 1.807) is 0 Å². The number of aliphatic hydroxyl groups is 2. The van der Waals surface area contributed by atoms with Gasteiger partial charge in [-0.25, -0.2) is 0 Å². The molecule has 1 fully saturated rings. The van der Waals surface area contributed by atoms with E-state index >= 15 is 0 Å². The quantitative estimate of drug-likeness (QED) is 0.138. The highest BCUT2D eigenvalue weighted by atomic mass is 32.1. The molecule has 0 aliphatic carbocycles. The van der Waals surface area contributed by atoms with Gasteiger partial charge in [-0.3, -0.25) is 43.1 Å². The van der Waals surface area contributed by atoms with Gasteiger partial charge in [-0.05, 0) is 41.5 Å². The summed E-state index contributed by atoms with van der Waals surface area (Å²) in [5, 5.41) is 36.0. The van der Waals surface area contributed by atoms with Gasteiger partial charge in [0, 0.05) is 15.0 Å².